The maximum Gasteiger partial charge on any atom is 0.123 e. The first kappa shape index (κ1) is 14.5. The lowest BCUT2D eigenvalue weighted by Crippen LogP contribution is -2.53. The van der Waals surface area contributed by atoms with Gasteiger partial charge in [0, 0.05) is 13.2 Å². The van der Waals surface area contributed by atoms with E-state index in [4.69, 9.17) is 10.5 Å². The average Bonchev–Trinajstić information content (AvgIpc) is 2.41. The van der Waals surface area contributed by atoms with Crippen molar-refractivity contribution in [3.8, 4) is 0 Å². The Labute approximate surface area is 115 Å². The SMILES string of the molecule is COC1(C(N)Cc2ccc(F)cc2)CCCC(C)C1. The minimum absolute atomic E-state index is 0.0364. The van der Waals surface area contributed by atoms with Gasteiger partial charge in [0.15, 0.2) is 0 Å². The smallest absolute Gasteiger partial charge is 0.123 e. The molecule has 1 aromatic carbocycles. The van der Waals surface area contributed by atoms with Crippen LogP contribution in [0, 0.1) is 11.7 Å². The minimum Gasteiger partial charge on any atom is -0.377 e. The van der Waals surface area contributed by atoms with E-state index in [1.807, 2.05) is 12.1 Å². The average molecular weight is 265 g/mol. The predicted molar refractivity (Wildman–Crippen MR) is 75.5 cm³/mol. The maximum absolute atomic E-state index is 12.9. The van der Waals surface area contributed by atoms with Gasteiger partial charge in [-0.15, -0.1) is 0 Å². The highest BCUT2D eigenvalue weighted by atomic mass is 19.1. The van der Waals surface area contributed by atoms with Crippen molar-refractivity contribution in [2.45, 2.75) is 50.7 Å². The van der Waals surface area contributed by atoms with Crippen LogP contribution in [0.15, 0.2) is 24.3 Å². The van der Waals surface area contributed by atoms with Crippen LogP contribution < -0.4 is 5.73 Å². The molecule has 2 nitrogen and oxygen atoms in total. The molecule has 1 aliphatic carbocycles. The van der Waals surface area contributed by atoms with Crippen molar-refractivity contribution in [3.05, 3.63) is 35.6 Å². The summed E-state index contributed by atoms with van der Waals surface area (Å²) in [6.07, 6.45) is 5.21. The highest BCUT2D eigenvalue weighted by Gasteiger charge is 2.40. The van der Waals surface area contributed by atoms with E-state index in [1.165, 1.54) is 25.0 Å². The zero-order chi connectivity index (χ0) is 13.9. The van der Waals surface area contributed by atoms with Gasteiger partial charge in [0.05, 0.1) is 5.60 Å². The first-order chi connectivity index (χ1) is 9.05. The first-order valence-electron chi connectivity index (χ1n) is 7.11. The van der Waals surface area contributed by atoms with Gasteiger partial charge in [-0.25, -0.2) is 4.39 Å². The summed E-state index contributed by atoms with van der Waals surface area (Å²) < 4.78 is 18.7. The third kappa shape index (κ3) is 3.34. The molecule has 0 aromatic heterocycles. The molecule has 1 aliphatic rings. The van der Waals surface area contributed by atoms with Crippen molar-refractivity contribution in [1.82, 2.24) is 0 Å². The third-order valence-corrected chi connectivity index (χ3v) is 4.44. The number of ether oxygens (including phenoxy) is 1. The second-order valence-corrected chi connectivity index (χ2v) is 5.91. The van der Waals surface area contributed by atoms with E-state index in [0.717, 1.165) is 24.8 Å². The molecule has 0 saturated heterocycles. The van der Waals surface area contributed by atoms with Crippen molar-refractivity contribution in [3.63, 3.8) is 0 Å². The Bertz CT molecular complexity index is 406. The Balaban J connectivity index is 2.08. The van der Waals surface area contributed by atoms with Crippen LogP contribution in [0.5, 0.6) is 0 Å². The van der Waals surface area contributed by atoms with Crippen LogP contribution >= 0.6 is 0 Å². The summed E-state index contributed by atoms with van der Waals surface area (Å²) in [5.41, 5.74) is 7.26. The molecule has 106 valence electrons. The number of hydrogen-bond acceptors (Lipinski definition) is 2. The lowest BCUT2D eigenvalue weighted by molar-refractivity contribution is -0.0705. The van der Waals surface area contributed by atoms with Crippen LogP contribution in [0.1, 0.15) is 38.2 Å². The number of benzene rings is 1. The van der Waals surface area contributed by atoms with Gasteiger partial charge in [0.1, 0.15) is 5.82 Å². The molecule has 3 unspecified atom stereocenters. The Morgan fingerprint density at radius 1 is 1.42 bits per heavy atom. The van der Waals surface area contributed by atoms with Gasteiger partial charge in [0.2, 0.25) is 0 Å². The second-order valence-electron chi connectivity index (χ2n) is 5.91. The number of hydrogen-bond donors (Lipinski definition) is 1. The van der Waals surface area contributed by atoms with Crippen LogP contribution in [-0.2, 0) is 11.2 Å². The summed E-state index contributed by atoms with van der Waals surface area (Å²) in [6.45, 7) is 2.26. The zero-order valence-electron chi connectivity index (χ0n) is 11.9. The fourth-order valence-electron chi connectivity index (χ4n) is 3.28. The molecule has 3 atom stereocenters. The predicted octanol–water partition coefficient (Wildman–Crippen LogP) is 3.29. The van der Waals surface area contributed by atoms with Crippen molar-refractivity contribution >= 4 is 0 Å². The molecule has 1 aromatic rings. The summed E-state index contributed by atoms with van der Waals surface area (Å²) in [4.78, 5) is 0. The first-order valence-corrected chi connectivity index (χ1v) is 7.11. The molecule has 0 bridgehead atoms. The molecule has 19 heavy (non-hydrogen) atoms. The highest BCUT2D eigenvalue weighted by Crippen LogP contribution is 2.37. The molecule has 0 aliphatic heterocycles. The fourth-order valence-corrected chi connectivity index (χ4v) is 3.28. The van der Waals surface area contributed by atoms with E-state index in [-0.39, 0.29) is 17.5 Å². The Morgan fingerprint density at radius 3 is 2.68 bits per heavy atom. The largest absolute Gasteiger partial charge is 0.377 e. The summed E-state index contributed by atoms with van der Waals surface area (Å²) in [5, 5.41) is 0. The van der Waals surface area contributed by atoms with Crippen LogP contribution in [-0.4, -0.2) is 18.8 Å². The van der Waals surface area contributed by atoms with Crippen LogP contribution in [0.4, 0.5) is 4.39 Å². The van der Waals surface area contributed by atoms with Gasteiger partial charge in [-0.2, -0.15) is 0 Å². The second kappa shape index (κ2) is 6.02. The number of nitrogens with two attached hydrogens (primary N) is 1. The lowest BCUT2D eigenvalue weighted by atomic mass is 9.73. The molecule has 2 N–H and O–H groups in total. The van der Waals surface area contributed by atoms with Gasteiger partial charge in [-0.05, 0) is 42.9 Å². The van der Waals surface area contributed by atoms with Crippen molar-refractivity contribution in [2.75, 3.05) is 7.11 Å². The molecule has 0 spiro atoms. The summed E-state index contributed by atoms with van der Waals surface area (Å²) in [6, 6.07) is 6.57. The molecule has 0 heterocycles. The monoisotopic (exact) mass is 265 g/mol. The lowest BCUT2D eigenvalue weighted by Gasteiger charge is -2.43. The van der Waals surface area contributed by atoms with E-state index in [9.17, 15) is 4.39 Å². The van der Waals surface area contributed by atoms with Crippen molar-refractivity contribution in [1.29, 1.82) is 0 Å². The topological polar surface area (TPSA) is 35.2 Å². The Morgan fingerprint density at radius 2 is 2.11 bits per heavy atom. The van der Waals surface area contributed by atoms with E-state index >= 15 is 0 Å². The van der Waals surface area contributed by atoms with Crippen molar-refractivity contribution in [2.24, 2.45) is 11.7 Å². The zero-order valence-corrected chi connectivity index (χ0v) is 11.9. The summed E-state index contributed by atoms with van der Waals surface area (Å²) in [5.74, 6) is 0.457. The number of halogens is 1. The van der Waals surface area contributed by atoms with E-state index in [1.54, 1.807) is 7.11 Å². The molecule has 1 saturated carbocycles. The van der Waals surface area contributed by atoms with Gasteiger partial charge < -0.3 is 10.5 Å². The molecular weight excluding hydrogens is 241 g/mol. The quantitative estimate of drug-likeness (QED) is 0.906. The summed E-state index contributed by atoms with van der Waals surface area (Å²) in [7, 11) is 1.77. The molecule has 0 radical (unpaired) electrons. The van der Waals surface area contributed by atoms with Gasteiger partial charge in [-0.3, -0.25) is 0 Å². The van der Waals surface area contributed by atoms with Gasteiger partial charge >= 0.3 is 0 Å². The van der Waals surface area contributed by atoms with E-state index in [2.05, 4.69) is 6.92 Å². The molecule has 3 heteroatoms. The Hall–Kier alpha value is -0.930. The van der Waals surface area contributed by atoms with Crippen molar-refractivity contribution < 1.29 is 9.13 Å². The molecule has 1 fully saturated rings. The number of methoxy groups -OCH3 is 1. The standard InChI is InChI=1S/C16H24FNO/c1-12-4-3-9-16(11-12,19-2)15(18)10-13-5-7-14(17)8-6-13/h5-8,12,15H,3-4,9-11,18H2,1-2H3. The fraction of sp³-hybridized carbons (Fsp3) is 0.625. The normalized spacial score (nSPS) is 29.2. The van der Waals surface area contributed by atoms with Crippen LogP contribution in [0.25, 0.3) is 0 Å². The van der Waals surface area contributed by atoms with Gasteiger partial charge in [0.25, 0.3) is 0 Å². The molecule has 2 rings (SSSR count). The Kier molecular flexibility index (Phi) is 4.58. The molecule has 0 amide bonds. The van der Waals surface area contributed by atoms with Gasteiger partial charge in [-0.1, -0.05) is 31.9 Å². The molecular formula is C16H24FNO. The van der Waals surface area contributed by atoms with Crippen LogP contribution in [0.2, 0.25) is 0 Å². The number of rotatable bonds is 4. The summed E-state index contributed by atoms with van der Waals surface area (Å²) >= 11 is 0. The highest BCUT2D eigenvalue weighted by molar-refractivity contribution is 5.18. The minimum atomic E-state index is -0.216. The van der Waals surface area contributed by atoms with E-state index < -0.39 is 0 Å². The third-order valence-electron chi connectivity index (χ3n) is 4.44. The van der Waals surface area contributed by atoms with Crippen LogP contribution in [0.3, 0.4) is 0 Å². The maximum atomic E-state index is 12.9. The van der Waals surface area contributed by atoms with E-state index in [0.29, 0.717) is 5.92 Å².